The van der Waals surface area contributed by atoms with Crippen molar-refractivity contribution in [2.24, 2.45) is 0 Å². The fourth-order valence-electron chi connectivity index (χ4n) is 2.50. The summed E-state index contributed by atoms with van der Waals surface area (Å²) < 4.78 is 27.4. The van der Waals surface area contributed by atoms with E-state index in [0.717, 1.165) is 0 Å². The van der Waals surface area contributed by atoms with Crippen LogP contribution in [0.5, 0.6) is 0 Å². The third-order valence-corrected chi connectivity index (χ3v) is 5.88. The number of nitrogens with one attached hydrogen (secondary N) is 1. The third-order valence-electron chi connectivity index (χ3n) is 4.01. The Labute approximate surface area is 173 Å². The lowest BCUT2D eigenvalue weighted by Gasteiger charge is -2.18. The second-order valence-corrected chi connectivity index (χ2v) is 8.54. The van der Waals surface area contributed by atoms with Gasteiger partial charge < -0.3 is 4.90 Å². The van der Waals surface area contributed by atoms with Crippen molar-refractivity contribution in [3.8, 4) is 0 Å². The molecule has 0 aliphatic rings. The van der Waals surface area contributed by atoms with Gasteiger partial charge in [-0.05, 0) is 66.7 Å². The Morgan fingerprint density at radius 1 is 0.893 bits per heavy atom. The summed E-state index contributed by atoms with van der Waals surface area (Å²) in [5, 5.41) is 0.885. The van der Waals surface area contributed by atoms with Crippen LogP contribution in [0.2, 0.25) is 10.0 Å². The van der Waals surface area contributed by atoms with E-state index in [2.05, 4.69) is 4.72 Å². The van der Waals surface area contributed by atoms with Crippen molar-refractivity contribution in [3.05, 3.63) is 88.4 Å². The van der Waals surface area contributed by atoms with E-state index in [0.29, 0.717) is 27.0 Å². The van der Waals surface area contributed by atoms with Crippen LogP contribution in [0.15, 0.2) is 77.7 Å². The number of carbonyl (C=O) groups excluding carboxylic acids is 1. The zero-order chi connectivity index (χ0) is 20.3. The molecule has 0 saturated heterocycles. The molecule has 0 aliphatic heterocycles. The van der Waals surface area contributed by atoms with Crippen molar-refractivity contribution >= 4 is 50.5 Å². The first kappa shape index (κ1) is 20.2. The van der Waals surface area contributed by atoms with Gasteiger partial charge in [-0.15, -0.1) is 0 Å². The molecule has 3 aromatic rings. The van der Waals surface area contributed by atoms with Crippen molar-refractivity contribution in [3.63, 3.8) is 0 Å². The Morgan fingerprint density at radius 3 is 2.14 bits per heavy atom. The average molecular weight is 435 g/mol. The van der Waals surface area contributed by atoms with Gasteiger partial charge in [-0.2, -0.15) is 0 Å². The van der Waals surface area contributed by atoms with Crippen LogP contribution in [0.1, 0.15) is 10.4 Å². The highest BCUT2D eigenvalue weighted by Crippen LogP contribution is 2.23. The molecule has 3 aromatic carbocycles. The number of hydrogen-bond donors (Lipinski definition) is 1. The minimum absolute atomic E-state index is 0.0686. The van der Waals surface area contributed by atoms with Crippen molar-refractivity contribution in [1.82, 2.24) is 0 Å². The minimum atomic E-state index is -3.76. The SMILES string of the molecule is CN(C(=O)c1ccc(Cl)cc1)c1ccc(NS(=O)(=O)c2cccc(Cl)c2)cc1. The van der Waals surface area contributed by atoms with Gasteiger partial charge in [0, 0.05) is 34.0 Å². The summed E-state index contributed by atoms with van der Waals surface area (Å²) in [6.07, 6.45) is 0. The molecule has 28 heavy (non-hydrogen) atoms. The molecule has 144 valence electrons. The summed E-state index contributed by atoms with van der Waals surface area (Å²) in [5.74, 6) is -0.205. The van der Waals surface area contributed by atoms with Crippen molar-refractivity contribution in [2.75, 3.05) is 16.7 Å². The molecule has 0 atom stereocenters. The van der Waals surface area contributed by atoms with Crippen LogP contribution < -0.4 is 9.62 Å². The van der Waals surface area contributed by atoms with Gasteiger partial charge in [0.15, 0.2) is 0 Å². The molecule has 5 nitrogen and oxygen atoms in total. The molecule has 0 spiro atoms. The first-order chi connectivity index (χ1) is 13.3. The van der Waals surface area contributed by atoms with Gasteiger partial charge in [0.25, 0.3) is 15.9 Å². The molecule has 1 N–H and O–H groups in total. The maximum atomic E-state index is 12.5. The number of sulfonamides is 1. The van der Waals surface area contributed by atoms with E-state index in [1.54, 1.807) is 67.7 Å². The Hall–Kier alpha value is -2.54. The first-order valence-corrected chi connectivity index (χ1v) is 10.4. The zero-order valence-electron chi connectivity index (χ0n) is 14.8. The summed E-state index contributed by atoms with van der Waals surface area (Å²) in [4.78, 5) is 14.1. The lowest BCUT2D eigenvalue weighted by Crippen LogP contribution is -2.26. The fraction of sp³-hybridized carbons (Fsp3) is 0.0500. The highest BCUT2D eigenvalue weighted by Gasteiger charge is 2.16. The van der Waals surface area contributed by atoms with Gasteiger partial charge in [0.05, 0.1) is 4.90 Å². The van der Waals surface area contributed by atoms with E-state index in [9.17, 15) is 13.2 Å². The molecule has 0 aromatic heterocycles. The molecule has 0 bridgehead atoms. The molecule has 0 fully saturated rings. The second-order valence-electron chi connectivity index (χ2n) is 5.98. The largest absolute Gasteiger partial charge is 0.311 e. The fourth-order valence-corrected chi connectivity index (χ4v) is 3.99. The number of halogens is 2. The highest BCUT2D eigenvalue weighted by atomic mass is 35.5. The van der Waals surface area contributed by atoms with E-state index in [4.69, 9.17) is 23.2 Å². The zero-order valence-corrected chi connectivity index (χ0v) is 17.1. The van der Waals surface area contributed by atoms with Crippen LogP contribution in [-0.2, 0) is 10.0 Å². The van der Waals surface area contributed by atoms with E-state index in [-0.39, 0.29) is 10.8 Å². The van der Waals surface area contributed by atoms with Crippen LogP contribution in [0.4, 0.5) is 11.4 Å². The Kier molecular flexibility index (Phi) is 5.93. The predicted molar refractivity (Wildman–Crippen MR) is 113 cm³/mol. The molecule has 8 heteroatoms. The van der Waals surface area contributed by atoms with Crippen LogP contribution in [0.25, 0.3) is 0 Å². The summed E-state index contributed by atoms with van der Waals surface area (Å²) in [6, 6.07) is 19.1. The molecular weight excluding hydrogens is 419 g/mol. The normalized spacial score (nSPS) is 11.1. The van der Waals surface area contributed by atoms with Gasteiger partial charge in [0.2, 0.25) is 0 Å². The number of rotatable bonds is 5. The standard InChI is InChI=1S/C20H16Cl2N2O3S/c1-24(20(25)14-5-7-15(21)8-6-14)18-11-9-17(10-12-18)23-28(26,27)19-4-2-3-16(22)13-19/h2-13,23H,1H3. The van der Waals surface area contributed by atoms with Gasteiger partial charge in [0.1, 0.15) is 0 Å². The highest BCUT2D eigenvalue weighted by molar-refractivity contribution is 7.92. The smallest absolute Gasteiger partial charge is 0.261 e. The molecule has 0 unspecified atom stereocenters. The predicted octanol–water partition coefficient (Wildman–Crippen LogP) is 5.07. The third kappa shape index (κ3) is 4.65. The maximum Gasteiger partial charge on any atom is 0.261 e. The van der Waals surface area contributed by atoms with Gasteiger partial charge >= 0.3 is 0 Å². The molecule has 0 saturated carbocycles. The Bertz CT molecular complexity index is 1100. The molecular formula is C20H16Cl2N2O3S. The summed E-state index contributed by atoms with van der Waals surface area (Å²) in [7, 11) is -2.12. The molecule has 3 rings (SSSR count). The van der Waals surface area contributed by atoms with Gasteiger partial charge in [-0.1, -0.05) is 29.3 Å². The van der Waals surface area contributed by atoms with Crippen LogP contribution >= 0.6 is 23.2 Å². The molecule has 0 radical (unpaired) electrons. The summed E-state index contributed by atoms with van der Waals surface area (Å²) >= 11 is 11.7. The maximum absolute atomic E-state index is 12.5. The van der Waals surface area contributed by atoms with Crippen LogP contribution in [0.3, 0.4) is 0 Å². The van der Waals surface area contributed by atoms with Crippen molar-refractivity contribution < 1.29 is 13.2 Å². The topological polar surface area (TPSA) is 66.5 Å². The van der Waals surface area contributed by atoms with Gasteiger partial charge in [-0.25, -0.2) is 8.42 Å². The summed E-state index contributed by atoms with van der Waals surface area (Å²) in [5.41, 5.74) is 1.49. The molecule has 1 amide bonds. The number of amides is 1. The Balaban J connectivity index is 1.76. The number of carbonyl (C=O) groups is 1. The Morgan fingerprint density at radius 2 is 1.54 bits per heavy atom. The van der Waals surface area contributed by atoms with Gasteiger partial charge in [-0.3, -0.25) is 9.52 Å². The number of hydrogen-bond acceptors (Lipinski definition) is 3. The first-order valence-electron chi connectivity index (χ1n) is 8.18. The lowest BCUT2D eigenvalue weighted by molar-refractivity contribution is 0.0993. The number of nitrogens with zero attached hydrogens (tertiary/aromatic N) is 1. The van der Waals surface area contributed by atoms with Crippen LogP contribution in [0, 0.1) is 0 Å². The molecule has 0 aliphatic carbocycles. The van der Waals surface area contributed by atoms with Crippen LogP contribution in [-0.4, -0.2) is 21.4 Å². The monoisotopic (exact) mass is 434 g/mol. The average Bonchev–Trinajstić information content (AvgIpc) is 2.68. The van der Waals surface area contributed by atoms with E-state index < -0.39 is 10.0 Å². The van der Waals surface area contributed by atoms with E-state index in [1.165, 1.54) is 17.0 Å². The minimum Gasteiger partial charge on any atom is -0.311 e. The number of benzene rings is 3. The molecule has 0 heterocycles. The summed E-state index contributed by atoms with van der Waals surface area (Å²) in [6.45, 7) is 0. The number of anilines is 2. The van der Waals surface area contributed by atoms with Crippen molar-refractivity contribution in [1.29, 1.82) is 0 Å². The lowest BCUT2D eigenvalue weighted by atomic mass is 10.2. The van der Waals surface area contributed by atoms with E-state index in [1.807, 2.05) is 0 Å². The van der Waals surface area contributed by atoms with Crippen molar-refractivity contribution in [2.45, 2.75) is 4.90 Å². The quantitative estimate of drug-likeness (QED) is 0.609. The van der Waals surface area contributed by atoms with E-state index >= 15 is 0 Å². The second kappa shape index (κ2) is 8.22.